The number of hydrogen-bond acceptors (Lipinski definition) is 2. The average molecular weight is 230 g/mol. The van der Waals surface area contributed by atoms with Crippen LogP contribution in [0.2, 0.25) is 0 Å². The molecule has 0 spiro atoms. The number of aromatic hydroxyl groups is 2. The van der Waals surface area contributed by atoms with E-state index in [9.17, 15) is 0 Å². The molecule has 0 atom stereocenters. The Morgan fingerprint density at radius 2 is 1.47 bits per heavy atom. The van der Waals surface area contributed by atoms with Gasteiger partial charge in [-0.3, -0.25) is 0 Å². The zero-order chi connectivity index (χ0) is 12.7. The Labute approximate surface area is 102 Å². The number of rotatable bonds is 1. The van der Waals surface area contributed by atoms with Gasteiger partial charge in [0, 0.05) is 0 Å². The summed E-state index contributed by atoms with van der Waals surface area (Å²) >= 11 is 0. The highest BCUT2D eigenvalue weighted by molar-refractivity contribution is 5.27. The van der Waals surface area contributed by atoms with E-state index in [1.54, 1.807) is 24.3 Å². The second-order valence-electron chi connectivity index (χ2n) is 3.86. The van der Waals surface area contributed by atoms with E-state index in [-0.39, 0.29) is 0 Å². The molecule has 2 aromatic rings. The Morgan fingerprint density at radius 1 is 0.882 bits per heavy atom. The van der Waals surface area contributed by atoms with Crippen LogP contribution in [-0.4, -0.2) is 10.2 Å². The average Bonchev–Trinajstić information content (AvgIpc) is 2.29. The maximum Gasteiger partial charge on any atom is 0.115 e. The Kier molecular flexibility index (Phi) is 5.08. The van der Waals surface area contributed by atoms with Crippen LogP contribution in [0, 0.1) is 6.92 Å². The van der Waals surface area contributed by atoms with Crippen LogP contribution in [0.15, 0.2) is 48.5 Å². The summed E-state index contributed by atoms with van der Waals surface area (Å²) in [6, 6.07) is 14.5. The van der Waals surface area contributed by atoms with Gasteiger partial charge in [-0.05, 0) is 48.7 Å². The SMILES string of the molecule is CCc1cccc(O)c1.Cc1cccc(O)c1. The fourth-order valence-corrected chi connectivity index (χ4v) is 1.40. The number of aryl methyl sites for hydroxylation is 2. The Morgan fingerprint density at radius 3 is 1.82 bits per heavy atom. The highest BCUT2D eigenvalue weighted by Gasteiger charge is 1.87. The maximum absolute atomic E-state index is 8.94. The smallest absolute Gasteiger partial charge is 0.115 e. The van der Waals surface area contributed by atoms with E-state index < -0.39 is 0 Å². The van der Waals surface area contributed by atoms with Crippen LogP contribution in [0.25, 0.3) is 0 Å². The number of phenols is 2. The molecule has 2 aromatic carbocycles. The number of benzene rings is 2. The molecule has 90 valence electrons. The first-order valence-electron chi connectivity index (χ1n) is 5.65. The molecule has 2 nitrogen and oxygen atoms in total. The monoisotopic (exact) mass is 230 g/mol. The lowest BCUT2D eigenvalue weighted by Gasteiger charge is -1.94. The van der Waals surface area contributed by atoms with E-state index in [0.29, 0.717) is 11.5 Å². The van der Waals surface area contributed by atoms with Gasteiger partial charge in [0.05, 0.1) is 0 Å². The van der Waals surface area contributed by atoms with Crippen molar-refractivity contribution in [2.45, 2.75) is 20.3 Å². The van der Waals surface area contributed by atoms with Gasteiger partial charge in [-0.15, -0.1) is 0 Å². The van der Waals surface area contributed by atoms with E-state index in [0.717, 1.165) is 12.0 Å². The minimum atomic E-state index is 0.338. The molecule has 0 amide bonds. The molecule has 0 bridgehead atoms. The van der Waals surface area contributed by atoms with Crippen molar-refractivity contribution in [3.05, 3.63) is 59.7 Å². The van der Waals surface area contributed by atoms with E-state index in [1.165, 1.54) is 5.56 Å². The van der Waals surface area contributed by atoms with Gasteiger partial charge in [0.15, 0.2) is 0 Å². The lowest BCUT2D eigenvalue weighted by atomic mass is 10.2. The molecule has 0 aliphatic rings. The first-order chi connectivity index (χ1) is 8.11. The van der Waals surface area contributed by atoms with Gasteiger partial charge in [-0.1, -0.05) is 31.2 Å². The number of hydrogen-bond donors (Lipinski definition) is 2. The molecular weight excluding hydrogens is 212 g/mol. The highest BCUT2D eigenvalue weighted by atomic mass is 16.3. The highest BCUT2D eigenvalue weighted by Crippen LogP contribution is 2.10. The van der Waals surface area contributed by atoms with Gasteiger partial charge in [0.2, 0.25) is 0 Å². The normalized spacial score (nSPS) is 9.29. The summed E-state index contributed by atoms with van der Waals surface area (Å²) in [5.41, 5.74) is 2.26. The van der Waals surface area contributed by atoms with Crippen LogP contribution in [0.5, 0.6) is 11.5 Å². The first-order valence-corrected chi connectivity index (χ1v) is 5.65. The van der Waals surface area contributed by atoms with Crippen molar-refractivity contribution in [1.82, 2.24) is 0 Å². The minimum absolute atomic E-state index is 0.338. The summed E-state index contributed by atoms with van der Waals surface area (Å²) in [5.74, 6) is 0.694. The minimum Gasteiger partial charge on any atom is -0.508 e. The summed E-state index contributed by atoms with van der Waals surface area (Å²) in [6.07, 6.45) is 0.981. The van der Waals surface area contributed by atoms with E-state index in [2.05, 4.69) is 6.92 Å². The van der Waals surface area contributed by atoms with Crippen molar-refractivity contribution >= 4 is 0 Å². The van der Waals surface area contributed by atoms with Crippen LogP contribution < -0.4 is 0 Å². The zero-order valence-electron chi connectivity index (χ0n) is 10.2. The second-order valence-corrected chi connectivity index (χ2v) is 3.86. The summed E-state index contributed by atoms with van der Waals surface area (Å²) in [4.78, 5) is 0. The molecule has 0 heterocycles. The first kappa shape index (κ1) is 13.1. The second kappa shape index (κ2) is 6.59. The molecule has 0 unspecified atom stereocenters. The lowest BCUT2D eigenvalue weighted by molar-refractivity contribution is 0.474. The van der Waals surface area contributed by atoms with Gasteiger partial charge in [-0.25, -0.2) is 0 Å². The zero-order valence-corrected chi connectivity index (χ0v) is 10.2. The molecule has 2 rings (SSSR count). The maximum atomic E-state index is 8.94. The summed E-state index contributed by atoms with van der Waals surface area (Å²) in [5, 5.41) is 17.8. The van der Waals surface area contributed by atoms with Crippen LogP contribution in [-0.2, 0) is 6.42 Å². The van der Waals surface area contributed by atoms with Gasteiger partial charge >= 0.3 is 0 Å². The fraction of sp³-hybridized carbons (Fsp3) is 0.200. The van der Waals surface area contributed by atoms with Gasteiger partial charge in [-0.2, -0.15) is 0 Å². The van der Waals surface area contributed by atoms with E-state index in [1.807, 2.05) is 31.2 Å². The molecule has 2 N–H and O–H groups in total. The number of phenolic OH excluding ortho intramolecular Hbond substituents is 2. The predicted octanol–water partition coefficient (Wildman–Crippen LogP) is 3.66. The Balaban J connectivity index is 0.000000171. The Hall–Kier alpha value is -1.96. The van der Waals surface area contributed by atoms with E-state index in [4.69, 9.17) is 10.2 Å². The largest absolute Gasteiger partial charge is 0.508 e. The van der Waals surface area contributed by atoms with E-state index >= 15 is 0 Å². The summed E-state index contributed by atoms with van der Waals surface area (Å²) in [7, 11) is 0. The lowest BCUT2D eigenvalue weighted by Crippen LogP contribution is -1.75. The van der Waals surface area contributed by atoms with Crippen LogP contribution in [0.4, 0.5) is 0 Å². The quantitative estimate of drug-likeness (QED) is 0.785. The third-order valence-electron chi connectivity index (χ3n) is 2.32. The molecule has 0 aromatic heterocycles. The molecule has 0 radical (unpaired) electrons. The van der Waals surface area contributed by atoms with Gasteiger partial charge in [0.25, 0.3) is 0 Å². The van der Waals surface area contributed by atoms with Crippen molar-refractivity contribution in [3.8, 4) is 11.5 Å². The van der Waals surface area contributed by atoms with Crippen molar-refractivity contribution in [2.75, 3.05) is 0 Å². The fourth-order valence-electron chi connectivity index (χ4n) is 1.40. The molecule has 2 heteroatoms. The Bertz CT molecular complexity index is 447. The standard InChI is InChI=1S/C8H10O.C7H8O/c1-2-7-4-3-5-8(9)6-7;1-6-3-2-4-7(8)5-6/h3-6,9H,2H2,1H3;2-5,8H,1H3. The summed E-state index contributed by atoms with van der Waals surface area (Å²) < 4.78 is 0. The molecule has 0 saturated heterocycles. The van der Waals surface area contributed by atoms with Gasteiger partial charge < -0.3 is 10.2 Å². The third kappa shape index (κ3) is 5.07. The topological polar surface area (TPSA) is 40.5 Å². The van der Waals surface area contributed by atoms with Crippen LogP contribution in [0.3, 0.4) is 0 Å². The van der Waals surface area contributed by atoms with Crippen molar-refractivity contribution in [2.24, 2.45) is 0 Å². The predicted molar refractivity (Wildman–Crippen MR) is 70.3 cm³/mol. The molecule has 0 aliphatic heterocycles. The molecule has 17 heavy (non-hydrogen) atoms. The van der Waals surface area contributed by atoms with Crippen LogP contribution >= 0.6 is 0 Å². The van der Waals surface area contributed by atoms with Crippen molar-refractivity contribution in [3.63, 3.8) is 0 Å². The van der Waals surface area contributed by atoms with Gasteiger partial charge in [0.1, 0.15) is 11.5 Å². The van der Waals surface area contributed by atoms with Crippen molar-refractivity contribution in [1.29, 1.82) is 0 Å². The van der Waals surface area contributed by atoms with Crippen LogP contribution in [0.1, 0.15) is 18.1 Å². The van der Waals surface area contributed by atoms with Crippen molar-refractivity contribution < 1.29 is 10.2 Å². The summed E-state index contributed by atoms with van der Waals surface area (Å²) in [6.45, 7) is 4.01. The molecule has 0 fully saturated rings. The molecule has 0 aliphatic carbocycles. The third-order valence-corrected chi connectivity index (χ3v) is 2.32. The molecular formula is C15H18O2. The molecule has 0 saturated carbocycles.